The van der Waals surface area contributed by atoms with Gasteiger partial charge in [-0.3, -0.25) is 4.79 Å². The Hall–Kier alpha value is -2.48. The Labute approximate surface area is 152 Å². The normalized spacial score (nSPS) is 20.2. The molecule has 1 unspecified atom stereocenters. The molecule has 1 saturated heterocycles. The second-order valence-corrected chi connectivity index (χ2v) is 7.03. The number of anilines is 1. The van der Waals surface area contributed by atoms with Crippen molar-refractivity contribution >= 4 is 11.9 Å². The van der Waals surface area contributed by atoms with Crippen LogP contribution >= 0.6 is 0 Å². The fourth-order valence-corrected chi connectivity index (χ4v) is 3.44. The quantitative estimate of drug-likeness (QED) is 0.854. The Balaban J connectivity index is 1.64. The van der Waals surface area contributed by atoms with E-state index >= 15 is 0 Å². The van der Waals surface area contributed by atoms with Crippen LogP contribution in [0.4, 0.5) is 5.95 Å². The highest BCUT2D eigenvalue weighted by Gasteiger charge is 2.36. The molecule has 1 aliphatic heterocycles. The first-order valence-corrected chi connectivity index (χ1v) is 8.78. The van der Waals surface area contributed by atoms with Crippen molar-refractivity contribution in [3.63, 3.8) is 0 Å². The molecule has 3 rings (SSSR count). The fourth-order valence-electron chi connectivity index (χ4n) is 3.44. The molecule has 8 nitrogen and oxygen atoms in total. The van der Waals surface area contributed by atoms with E-state index in [2.05, 4.69) is 15.1 Å². The van der Waals surface area contributed by atoms with Gasteiger partial charge >= 0.3 is 0 Å². The SMILES string of the molecule is Cc1noc(C)c1CC(=O)N(C)CC1(O)CCCN(c2ncccn2)C1. The third-order valence-electron chi connectivity index (χ3n) is 4.86. The molecule has 3 heterocycles. The first-order valence-electron chi connectivity index (χ1n) is 8.78. The van der Waals surface area contributed by atoms with E-state index in [-0.39, 0.29) is 18.9 Å². The number of aryl methyl sites for hydroxylation is 2. The molecular weight excluding hydrogens is 334 g/mol. The molecule has 1 amide bonds. The van der Waals surface area contributed by atoms with Crippen LogP contribution in [-0.2, 0) is 11.2 Å². The Kier molecular flexibility index (Phi) is 5.22. The summed E-state index contributed by atoms with van der Waals surface area (Å²) in [5.74, 6) is 1.20. The maximum atomic E-state index is 12.6. The van der Waals surface area contributed by atoms with E-state index in [9.17, 15) is 9.90 Å². The summed E-state index contributed by atoms with van der Waals surface area (Å²) in [5, 5.41) is 14.9. The van der Waals surface area contributed by atoms with Crippen molar-refractivity contribution in [2.24, 2.45) is 0 Å². The van der Waals surface area contributed by atoms with Crippen molar-refractivity contribution in [3.8, 4) is 0 Å². The van der Waals surface area contributed by atoms with Crippen LogP contribution in [0.25, 0.3) is 0 Å². The first kappa shape index (κ1) is 18.3. The van der Waals surface area contributed by atoms with E-state index in [1.807, 2.05) is 11.8 Å². The second kappa shape index (κ2) is 7.41. The topological polar surface area (TPSA) is 95.6 Å². The number of amides is 1. The Morgan fingerprint density at radius 3 is 2.77 bits per heavy atom. The zero-order valence-electron chi connectivity index (χ0n) is 15.5. The largest absolute Gasteiger partial charge is 0.386 e. The number of carbonyl (C=O) groups excluding carboxylic acids is 1. The van der Waals surface area contributed by atoms with E-state index in [0.717, 1.165) is 24.2 Å². The van der Waals surface area contributed by atoms with E-state index in [4.69, 9.17) is 4.52 Å². The second-order valence-electron chi connectivity index (χ2n) is 7.03. The highest BCUT2D eigenvalue weighted by molar-refractivity contribution is 5.79. The molecule has 0 spiro atoms. The number of β-amino-alcohol motifs (C(OH)–C–C–N with tert-alkyl or cyclic N) is 1. The number of piperidine rings is 1. The van der Waals surface area contributed by atoms with Crippen molar-refractivity contribution in [1.82, 2.24) is 20.0 Å². The van der Waals surface area contributed by atoms with Crippen LogP contribution in [0.3, 0.4) is 0 Å². The van der Waals surface area contributed by atoms with Crippen LogP contribution in [0.15, 0.2) is 23.0 Å². The number of rotatable bonds is 5. The van der Waals surface area contributed by atoms with E-state index < -0.39 is 5.60 Å². The lowest BCUT2D eigenvalue weighted by molar-refractivity contribution is -0.132. The summed E-state index contributed by atoms with van der Waals surface area (Å²) in [7, 11) is 1.72. The minimum Gasteiger partial charge on any atom is -0.386 e. The standard InChI is InChI=1S/C18H25N5O3/c1-13-15(14(2)26-21-13)10-16(24)22(3)11-18(25)6-4-9-23(12-18)17-19-7-5-8-20-17/h5,7-8,25H,4,6,9-12H2,1-3H3. The molecule has 1 N–H and O–H groups in total. The highest BCUT2D eigenvalue weighted by atomic mass is 16.5. The number of likely N-dealkylation sites (N-methyl/N-ethyl adjacent to an activating group) is 1. The summed E-state index contributed by atoms with van der Waals surface area (Å²) in [6, 6.07) is 1.76. The molecule has 140 valence electrons. The van der Waals surface area contributed by atoms with Gasteiger partial charge in [0.1, 0.15) is 5.76 Å². The van der Waals surface area contributed by atoms with Gasteiger partial charge in [-0.15, -0.1) is 0 Å². The molecule has 0 aromatic carbocycles. The van der Waals surface area contributed by atoms with Crippen LogP contribution in [0.1, 0.15) is 29.9 Å². The van der Waals surface area contributed by atoms with Crippen LogP contribution in [0, 0.1) is 13.8 Å². The first-order chi connectivity index (χ1) is 12.4. The molecule has 8 heteroatoms. The van der Waals surface area contributed by atoms with Gasteiger partial charge in [0.15, 0.2) is 0 Å². The van der Waals surface area contributed by atoms with E-state index in [0.29, 0.717) is 24.7 Å². The molecule has 0 radical (unpaired) electrons. The molecular formula is C18H25N5O3. The van der Waals surface area contributed by atoms with Gasteiger partial charge in [0.25, 0.3) is 0 Å². The number of nitrogens with zero attached hydrogens (tertiary/aromatic N) is 5. The summed E-state index contributed by atoms with van der Waals surface area (Å²) >= 11 is 0. The molecule has 1 aliphatic rings. The van der Waals surface area contributed by atoms with Crippen molar-refractivity contribution in [3.05, 3.63) is 35.5 Å². The van der Waals surface area contributed by atoms with Crippen LogP contribution in [-0.4, -0.2) is 63.3 Å². The minimum atomic E-state index is -0.986. The van der Waals surface area contributed by atoms with Gasteiger partial charge in [-0.1, -0.05) is 5.16 Å². The summed E-state index contributed by atoms with van der Waals surface area (Å²) < 4.78 is 5.12. The maximum Gasteiger partial charge on any atom is 0.227 e. The van der Waals surface area contributed by atoms with Crippen LogP contribution < -0.4 is 4.90 Å². The van der Waals surface area contributed by atoms with Gasteiger partial charge in [0, 0.05) is 31.5 Å². The monoisotopic (exact) mass is 359 g/mol. The summed E-state index contributed by atoms with van der Waals surface area (Å²) in [6.07, 6.45) is 5.06. The van der Waals surface area contributed by atoms with Crippen molar-refractivity contribution < 1.29 is 14.4 Å². The lowest BCUT2D eigenvalue weighted by Crippen LogP contribution is -2.55. The maximum absolute atomic E-state index is 12.6. The smallest absolute Gasteiger partial charge is 0.227 e. The predicted molar refractivity (Wildman–Crippen MR) is 95.7 cm³/mol. The lowest BCUT2D eigenvalue weighted by atomic mass is 9.92. The van der Waals surface area contributed by atoms with Crippen molar-refractivity contribution in [2.45, 2.75) is 38.7 Å². The molecule has 2 aromatic rings. The Morgan fingerprint density at radius 2 is 2.12 bits per heavy atom. The van der Waals surface area contributed by atoms with Gasteiger partial charge in [0.05, 0.1) is 30.8 Å². The average molecular weight is 359 g/mol. The van der Waals surface area contributed by atoms with Gasteiger partial charge < -0.3 is 19.4 Å². The number of hydrogen-bond donors (Lipinski definition) is 1. The van der Waals surface area contributed by atoms with Gasteiger partial charge in [-0.2, -0.15) is 0 Å². The number of hydrogen-bond acceptors (Lipinski definition) is 7. The van der Waals surface area contributed by atoms with Gasteiger partial charge in [-0.25, -0.2) is 9.97 Å². The van der Waals surface area contributed by atoms with Crippen molar-refractivity contribution in [2.75, 3.05) is 31.6 Å². The molecule has 1 fully saturated rings. The molecule has 26 heavy (non-hydrogen) atoms. The molecule has 0 aliphatic carbocycles. The molecule has 0 bridgehead atoms. The summed E-state index contributed by atoms with van der Waals surface area (Å²) in [6.45, 7) is 5.09. The van der Waals surface area contributed by atoms with E-state index in [1.165, 1.54) is 0 Å². The molecule has 2 aromatic heterocycles. The van der Waals surface area contributed by atoms with Crippen LogP contribution in [0.5, 0.6) is 0 Å². The average Bonchev–Trinajstić information content (AvgIpc) is 2.94. The predicted octanol–water partition coefficient (Wildman–Crippen LogP) is 1.11. The molecule has 0 saturated carbocycles. The third kappa shape index (κ3) is 4.01. The van der Waals surface area contributed by atoms with E-state index in [1.54, 1.807) is 37.3 Å². The highest BCUT2D eigenvalue weighted by Crippen LogP contribution is 2.25. The zero-order chi connectivity index (χ0) is 18.7. The van der Waals surface area contributed by atoms with Gasteiger partial charge in [0.2, 0.25) is 11.9 Å². The number of aliphatic hydroxyl groups is 1. The number of aromatic nitrogens is 3. The summed E-state index contributed by atoms with van der Waals surface area (Å²) in [4.78, 5) is 24.7. The van der Waals surface area contributed by atoms with Crippen molar-refractivity contribution in [1.29, 1.82) is 0 Å². The Bertz CT molecular complexity index is 744. The van der Waals surface area contributed by atoms with Crippen LogP contribution in [0.2, 0.25) is 0 Å². The number of carbonyl (C=O) groups is 1. The molecule has 1 atom stereocenters. The fraction of sp³-hybridized carbons (Fsp3) is 0.556. The zero-order valence-corrected chi connectivity index (χ0v) is 15.5. The summed E-state index contributed by atoms with van der Waals surface area (Å²) in [5.41, 5.74) is 0.561. The lowest BCUT2D eigenvalue weighted by Gasteiger charge is -2.41. The minimum absolute atomic E-state index is 0.0686. The Morgan fingerprint density at radius 1 is 1.38 bits per heavy atom. The van der Waals surface area contributed by atoms with Gasteiger partial charge in [-0.05, 0) is 32.8 Å². The third-order valence-corrected chi connectivity index (χ3v) is 4.86.